The maximum absolute atomic E-state index is 13.8. The highest BCUT2D eigenvalue weighted by Crippen LogP contribution is 2.50. The van der Waals surface area contributed by atoms with Gasteiger partial charge >= 0.3 is 0 Å². The summed E-state index contributed by atoms with van der Waals surface area (Å²) in [6.07, 6.45) is 6.60. The second kappa shape index (κ2) is 17.4. The van der Waals surface area contributed by atoms with Crippen LogP contribution < -0.4 is 25.0 Å². The summed E-state index contributed by atoms with van der Waals surface area (Å²) in [5.74, 6) is -0.475. The molecule has 5 aliphatic heterocycles. The third-order valence-electron chi connectivity index (χ3n) is 14.2. The van der Waals surface area contributed by atoms with Crippen molar-refractivity contribution < 1.29 is 33.4 Å². The summed E-state index contributed by atoms with van der Waals surface area (Å²) < 4.78 is 11.7. The lowest BCUT2D eigenvalue weighted by Crippen LogP contribution is -2.55. The number of piperidine rings is 2. The number of piperazine rings is 1. The SMILES string of the molecule is C=C1c2cc(C(=O)NC3CC4(CCN(CCN5CCN(c6ccc7c(c6)C(=O)N(C6CCC(=O)NC6=O)C7=O)CC5)CC4)C3)sc2C(c2cc(OC)c(CN(C)C)c(OC)c2)=CN1C. The molecule has 6 aliphatic rings. The van der Waals surface area contributed by atoms with Crippen LogP contribution in [0.1, 0.15) is 90.5 Å². The Morgan fingerprint density at radius 2 is 1.55 bits per heavy atom. The van der Waals surface area contributed by atoms with E-state index in [4.69, 9.17) is 9.47 Å². The molecule has 3 aromatic rings. The van der Waals surface area contributed by atoms with Crippen LogP contribution in [0.4, 0.5) is 5.69 Å². The quantitative estimate of drug-likeness (QED) is 0.250. The van der Waals surface area contributed by atoms with Crippen molar-refractivity contribution in [2.45, 2.75) is 57.2 Å². The van der Waals surface area contributed by atoms with E-state index in [1.54, 1.807) is 26.4 Å². The Balaban J connectivity index is 0.736. The van der Waals surface area contributed by atoms with Gasteiger partial charge in [-0.05, 0) is 107 Å². The van der Waals surface area contributed by atoms with Crippen LogP contribution in [0.5, 0.6) is 11.5 Å². The molecule has 2 aromatic carbocycles. The monoisotopic (exact) mass is 890 g/mol. The highest BCUT2D eigenvalue weighted by molar-refractivity contribution is 7.15. The summed E-state index contributed by atoms with van der Waals surface area (Å²) in [5.41, 5.74) is 6.53. The summed E-state index contributed by atoms with van der Waals surface area (Å²) in [5, 5.41) is 5.62. The number of thiophene rings is 1. The molecule has 1 atom stereocenters. The molecule has 5 amide bonds. The molecule has 338 valence electrons. The average Bonchev–Trinajstić information content (AvgIpc) is 3.83. The number of nitrogens with zero attached hydrogens (tertiary/aromatic N) is 6. The van der Waals surface area contributed by atoms with E-state index in [0.717, 1.165) is 133 Å². The van der Waals surface area contributed by atoms with E-state index < -0.39 is 23.8 Å². The molecule has 6 heterocycles. The molecule has 2 N–H and O–H groups in total. The molecule has 16 heteroatoms. The van der Waals surface area contributed by atoms with E-state index in [-0.39, 0.29) is 30.7 Å². The minimum atomic E-state index is -0.970. The summed E-state index contributed by atoms with van der Waals surface area (Å²) in [6, 6.07) is 10.6. The molecule has 1 aliphatic carbocycles. The number of amides is 5. The topological polar surface area (TPSA) is 147 Å². The van der Waals surface area contributed by atoms with Gasteiger partial charge in [0, 0.05) is 98.9 Å². The first-order valence-electron chi connectivity index (χ1n) is 22.3. The smallest absolute Gasteiger partial charge is 0.262 e. The minimum absolute atomic E-state index is 0.0285. The van der Waals surface area contributed by atoms with Crippen molar-refractivity contribution in [2.75, 3.05) is 92.6 Å². The standard InChI is InChI=1S/C48H58N8O7S/c1-29-34-24-41(64-43(34)36(28-52(29)4)30-21-39(62-5)37(27-51(2)3)40(22-30)63-6)45(59)49-31-25-48(26-31)11-13-53(14-12-48)15-16-54-17-19-55(20-18-54)32-7-8-33-35(23-32)47(61)56(46(33)60)38-9-10-42(57)50-44(38)58/h7-8,21-24,28,31,38H,1,9-20,25-27H2,2-6H3,(H,49,59)(H,50,57,58). The van der Waals surface area contributed by atoms with E-state index in [1.165, 1.54) is 11.3 Å². The molecule has 15 nitrogen and oxygen atoms in total. The van der Waals surface area contributed by atoms with Gasteiger partial charge in [0.2, 0.25) is 11.8 Å². The van der Waals surface area contributed by atoms with Gasteiger partial charge in [-0.3, -0.25) is 39.1 Å². The van der Waals surface area contributed by atoms with Crippen LogP contribution in [0, 0.1) is 5.41 Å². The van der Waals surface area contributed by atoms with Gasteiger partial charge in [-0.15, -0.1) is 11.3 Å². The second-order valence-corrected chi connectivity index (χ2v) is 19.5. The van der Waals surface area contributed by atoms with Crippen molar-refractivity contribution in [3.05, 3.63) is 86.7 Å². The largest absolute Gasteiger partial charge is 0.496 e. The van der Waals surface area contributed by atoms with Crippen molar-refractivity contribution in [3.63, 3.8) is 0 Å². The van der Waals surface area contributed by atoms with Crippen LogP contribution in [0.3, 0.4) is 0 Å². The Kier molecular flexibility index (Phi) is 11.9. The van der Waals surface area contributed by atoms with Gasteiger partial charge in [0.05, 0.1) is 35.8 Å². The maximum atomic E-state index is 13.8. The number of anilines is 1. The number of carbonyl (C=O) groups is 5. The van der Waals surface area contributed by atoms with Gasteiger partial charge < -0.3 is 34.4 Å². The summed E-state index contributed by atoms with van der Waals surface area (Å²) in [4.78, 5) is 78.5. The first-order valence-corrected chi connectivity index (χ1v) is 23.1. The normalized spacial score (nSPS) is 21.5. The van der Waals surface area contributed by atoms with E-state index in [9.17, 15) is 24.0 Å². The first kappa shape index (κ1) is 43.7. The molecule has 0 radical (unpaired) electrons. The third-order valence-corrected chi connectivity index (χ3v) is 15.3. The Bertz CT molecular complexity index is 2410. The predicted octanol–water partition coefficient (Wildman–Crippen LogP) is 4.33. The molecular weight excluding hydrogens is 833 g/mol. The van der Waals surface area contributed by atoms with Gasteiger partial charge in [0.25, 0.3) is 17.7 Å². The van der Waals surface area contributed by atoms with E-state index >= 15 is 0 Å². The number of hydrogen-bond donors (Lipinski definition) is 2. The van der Waals surface area contributed by atoms with E-state index in [1.807, 2.05) is 38.2 Å². The van der Waals surface area contributed by atoms with Gasteiger partial charge in [0.1, 0.15) is 17.5 Å². The third kappa shape index (κ3) is 8.20. The maximum Gasteiger partial charge on any atom is 0.262 e. The van der Waals surface area contributed by atoms with Gasteiger partial charge in [-0.25, -0.2) is 0 Å². The lowest BCUT2D eigenvalue weighted by Gasteiger charge is -2.52. The molecule has 4 fully saturated rings. The molecule has 0 bridgehead atoms. The minimum Gasteiger partial charge on any atom is -0.496 e. The summed E-state index contributed by atoms with van der Waals surface area (Å²) in [7, 11) is 9.38. The lowest BCUT2D eigenvalue weighted by atomic mass is 9.60. The Morgan fingerprint density at radius 3 is 2.19 bits per heavy atom. The highest BCUT2D eigenvalue weighted by Gasteiger charge is 2.47. The van der Waals surface area contributed by atoms with Gasteiger partial charge in [-0.2, -0.15) is 0 Å². The number of likely N-dealkylation sites (tertiary alicyclic amines) is 1. The van der Waals surface area contributed by atoms with Crippen molar-refractivity contribution >= 4 is 57.8 Å². The fourth-order valence-electron chi connectivity index (χ4n) is 10.4. The fraction of sp³-hybridized carbons (Fsp3) is 0.479. The van der Waals surface area contributed by atoms with Crippen LogP contribution in [-0.2, 0) is 16.1 Å². The van der Waals surface area contributed by atoms with Crippen molar-refractivity contribution in [1.82, 2.24) is 35.1 Å². The molecule has 1 spiro atoms. The molecule has 1 aromatic heterocycles. The van der Waals surface area contributed by atoms with Gasteiger partial charge in [-0.1, -0.05) is 6.58 Å². The lowest BCUT2D eigenvalue weighted by molar-refractivity contribution is -0.136. The van der Waals surface area contributed by atoms with Crippen molar-refractivity contribution in [2.24, 2.45) is 5.41 Å². The zero-order chi connectivity index (χ0) is 45.0. The fourth-order valence-corrected chi connectivity index (χ4v) is 11.5. The molecule has 9 rings (SSSR count). The Hall–Kier alpha value is -5.55. The molecular formula is C48H58N8O7S. The summed E-state index contributed by atoms with van der Waals surface area (Å²) >= 11 is 1.51. The van der Waals surface area contributed by atoms with Crippen LogP contribution >= 0.6 is 11.3 Å². The first-order chi connectivity index (χ1) is 30.7. The zero-order valence-corrected chi connectivity index (χ0v) is 38.3. The predicted molar refractivity (Wildman–Crippen MR) is 245 cm³/mol. The average molecular weight is 891 g/mol. The number of methoxy groups -OCH3 is 2. The second-order valence-electron chi connectivity index (χ2n) is 18.5. The highest BCUT2D eigenvalue weighted by atomic mass is 32.1. The number of imide groups is 2. The summed E-state index contributed by atoms with van der Waals surface area (Å²) in [6.45, 7) is 12.6. The van der Waals surface area contributed by atoms with Gasteiger partial charge in [0.15, 0.2) is 0 Å². The number of benzene rings is 2. The zero-order valence-electron chi connectivity index (χ0n) is 37.5. The Morgan fingerprint density at radius 1 is 0.891 bits per heavy atom. The number of carbonyl (C=O) groups excluding carboxylic acids is 5. The van der Waals surface area contributed by atoms with Crippen LogP contribution in [0.15, 0.2) is 49.2 Å². The van der Waals surface area contributed by atoms with Crippen LogP contribution in [0.2, 0.25) is 0 Å². The van der Waals surface area contributed by atoms with E-state index in [0.29, 0.717) is 28.0 Å². The number of hydrogen-bond acceptors (Lipinski definition) is 13. The Labute approximate surface area is 378 Å². The molecule has 1 saturated carbocycles. The number of fused-ring (bicyclic) bond motifs is 2. The number of rotatable bonds is 12. The molecule has 1 unspecified atom stereocenters. The van der Waals surface area contributed by atoms with E-state index in [2.05, 4.69) is 55.1 Å². The van der Waals surface area contributed by atoms with Crippen LogP contribution in [-0.4, -0.2) is 154 Å². The number of nitrogens with one attached hydrogen (secondary N) is 2. The number of ether oxygens (including phenoxy) is 2. The van der Waals surface area contributed by atoms with Crippen molar-refractivity contribution in [3.8, 4) is 11.5 Å². The molecule has 3 saturated heterocycles. The molecule has 64 heavy (non-hydrogen) atoms. The van der Waals surface area contributed by atoms with Crippen LogP contribution in [0.25, 0.3) is 11.3 Å². The van der Waals surface area contributed by atoms with Crippen molar-refractivity contribution in [1.29, 1.82) is 0 Å².